The van der Waals surface area contributed by atoms with Crippen LogP contribution in [0.1, 0.15) is 30.6 Å². The quantitative estimate of drug-likeness (QED) is 0.791. The molecule has 0 fully saturated rings. The lowest BCUT2D eigenvalue weighted by Gasteiger charge is -2.24. The molecule has 2 amide bonds. The van der Waals surface area contributed by atoms with Gasteiger partial charge in [-0.3, -0.25) is 4.98 Å². The van der Waals surface area contributed by atoms with Crippen LogP contribution in [0.15, 0.2) is 48.7 Å². The molecule has 1 aromatic heterocycles. The summed E-state index contributed by atoms with van der Waals surface area (Å²) in [6.07, 6.45) is 2.49. The maximum Gasteiger partial charge on any atom is 0.317 e. The summed E-state index contributed by atoms with van der Waals surface area (Å²) in [5, 5.41) is 2.91. The van der Waals surface area contributed by atoms with Gasteiger partial charge in [0.1, 0.15) is 5.75 Å². The van der Waals surface area contributed by atoms with Crippen LogP contribution in [0.4, 0.5) is 4.79 Å². The van der Waals surface area contributed by atoms with Gasteiger partial charge in [0.15, 0.2) is 0 Å². The number of carbonyl (C=O) groups is 1. The van der Waals surface area contributed by atoms with E-state index in [4.69, 9.17) is 4.74 Å². The summed E-state index contributed by atoms with van der Waals surface area (Å²) in [4.78, 5) is 18.1. The molecule has 0 spiro atoms. The normalized spacial score (nSPS) is 11.6. The molecule has 2 rings (SSSR count). The number of ether oxygens (including phenoxy) is 1. The third-order valence-corrected chi connectivity index (χ3v) is 3.97. The molecule has 0 aliphatic heterocycles. The summed E-state index contributed by atoms with van der Waals surface area (Å²) in [7, 11) is 1.78. The second-order valence-corrected chi connectivity index (χ2v) is 5.74. The Kier molecular flexibility index (Phi) is 6.61. The number of urea groups is 1. The Morgan fingerprint density at radius 1 is 1.25 bits per heavy atom. The van der Waals surface area contributed by atoms with Gasteiger partial charge in [0, 0.05) is 19.8 Å². The minimum atomic E-state index is -0.107. The second-order valence-electron chi connectivity index (χ2n) is 5.74. The predicted octanol–water partition coefficient (Wildman–Crippen LogP) is 3.56. The summed E-state index contributed by atoms with van der Waals surface area (Å²) in [5.74, 6) is 0.893. The van der Waals surface area contributed by atoms with Crippen molar-refractivity contribution < 1.29 is 9.53 Å². The van der Waals surface area contributed by atoms with Crippen LogP contribution in [-0.4, -0.2) is 36.1 Å². The highest BCUT2D eigenvalue weighted by molar-refractivity contribution is 5.74. The van der Waals surface area contributed by atoms with Crippen LogP contribution in [-0.2, 0) is 0 Å². The maximum atomic E-state index is 12.2. The third-order valence-electron chi connectivity index (χ3n) is 3.97. The SMILES string of the molecule is Cc1ccccc1OCCCNC(=O)N(C)[C@@H](C)c1ccccn1. The van der Waals surface area contributed by atoms with Gasteiger partial charge in [-0.25, -0.2) is 4.79 Å². The number of nitrogens with zero attached hydrogens (tertiary/aromatic N) is 2. The molecule has 1 atom stereocenters. The molecule has 0 aliphatic rings. The molecule has 24 heavy (non-hydrogen) atoms. The van der Waals surface area contributed by atoms with Crippen LogP contribution >= 0.6 is 0 Å². The first-order chi connectivity index (χ1) is 11.6. The van der Waals surface area contributed by atoms with Crippen molar-refractivity contribution in [1.29, 1.82) is 0 Å². The van der Waals surface area contributed by atoms with Gasteiger partial charge in [-0.05, 0) is 44.0 Å². The molecule has 2 aromatic rings. The van der Waals surface area contributed by atoms with E-state index in [1.54, 1.807) is 18.1 Å². The summed E-state index contributed by atoms with van der Waals surface area (Å²) in [6.45, 7) is 5.13. The number of aromatic nitrogens is 1. The molecule has 1 N–H and O–H groups in total. The van der Waals surface area contributed by atoms with Gasteiger partial charge >= 0.3 is 6.03 Å². The molecule has 128 valence electrons. The fraction of sp³-hybridized carbons (Fsp3) is 0.368. The van der Waals surface area contributed by atoms with Gasteiger partial charge in [-0.15, -0.1) is 0 Å². The molecule has 0 unspecified atom stereocenters. The lowest BCUT2D eigenvalue weighted by molar-refractivity contribution is 0.192. The largest absolute Gasteiger partial charge is 0.493 e. The number of hydrogen-bond donors (Lipinski definition) is 1. The number of carbonyl (C=O) groups excluding carboxylic acids is 1. The molecule has 1 heterocycles. The van der Waals surface area contributed by atoms with Crippen LogP contribution < -0.4 is 10.1 Å². The number of rotatable bonds is 7. The molecular formula is C19H25N3O2. The molecule has 0 bridgehead atoms. The number of hydrogen-bond acceptors (Lipinski definition) is 3. The molecule has 0 aliphatic carbocycles. The van der Waals surface area contributed by atoms with Crippen molar-refractivity contribution in [1.82, 2.24) is 15.2 Å². The Balaban J connectivity index is 1.70. The van der Waals surface area contributed by atoms with Gasteiger partial charge in [0.25, 0.3) is 0 Å². The van der Waals surface area contributed by atoms with E-state index in [0.29, 0.717) is 13.2 Å². The Labute approximate surface area is 143 Å². The summed E-state index contributed by atoms with van der Waals surface area (Å²) < 4.78 is 5.72. The summed E-state index contributed by atoms with van der Waals surface area (Å²) in [5.41, 5.74) is 1.99. The fourth-order valence-corrected chi connectivity index (χ4v) is 2.29. The highest BCUT2D eigenvalue weighted by Crippen LogP contribution is 2.16. The van der Waals surface area contributed by atoms with Gasteiger partial charge in [-0.2, -0.15) is 0 Å². The Hall–Kier alpha value is -2.56. The van der Waals surface area contributed by atoms with E-state index in [1.807, 2.05) is 56.3 Å². The van der Waals surface area contributed by atoms with Gasteiger partial charge < -0.3 is 15.0 Å². The lowest BCUT2D eigenvalue weighted by Crippen LogP contribution is -2.39. The molecule has 5 nitrogen and oxygen atoms in total. The van der Waals surface area contributed by atoms with Crippen molar-refractivity contribution in [2.75, 3.05) is 20.2 Å². The van der Waals surface area contributed by atoms with Gasteiger partial charge in [0.05, 0.1) is 18.3 Å². The first-order valence-corrected chi connectivity index (χ1v) is 8.19. The van der Waals surface area contributed by atoms with Crippen LogP contribution in [0.5, 0.6) is 5.75 Å². The topological polar surface area (TPSA) is 54.5 Å². The van der Waals surface area contributed by atoms with Crippen molar-refractivity contribution in [2.24, 2.45) is 0 Å². The van der Waals surface area contributed by atoms with E-state index >= 15 is 0 Å². The minimum absolute atomic E-state index is 0.0746. The predicted molar refractivity (Wildman–Crippen MR) is 95.1 cm³/mol. The maximum absolute atomic E-state index is 12.2. The van der Waals surface area contributed by atoms with Crippen LogP contribution in [0.3, 0.4) is 0 Å². The first-order valence-electron chi connectivity index (χ1n) is 8.19. The third kappa shape index (κ3) is 4.98. The standard InChI is InChI=1S/C19H25N3O2/c1-15-9-4-5-11-18(15)24-14-8-13-21-19(23)22(3)16(2)17-10-6-7-12-20-17/h4-7,9-12,16H,8,13-14H2,1-3H3,(H,21,23)/t16-/m0/s1. The minimum Gasteiger partial charge on any atom is -0.493 e. The van der Waals surface area contributed by atoms with Crippen molar-refractivity contribution in [3.8, 4) is 5.75 Å². The number of nitrogens with one attached hydrogen (secondary N) is 1. The lowest BCUT2D eigenvalue weighted by atomic mass is 10.2. The van der Waals surface area contributed by atoms with E-state index in [9.17, 15) is 4.79 Å². The van der Waals surface area contributed by atoms with E-state index in [2.05, 4.69) is 10.3 Å². The second kappa shape index (κ2) is 8.91. The summed E-state index contributed by atoms with van der Waals surface area (Å²) >= 11 is 0. The molecule has 0 radical (unpaired) electrons. The number of aryl methyl sites for hydroxylation is 1. The molecule has 5 heteroatoms. The number of para-hydroxylation sites is 1. The Morgan fingerprint density at radius 2 is 2.00 bits per heavy atom. The van der Waals surface area contributed by atoms with Crippen molar-refractivity contribution in [3.05, 3.63) is 59.9 Å². The van der Waals surface area contributed by atoms with Crippen molar-refractivity contribution >= 4 is 6.03 Å². The molecular weight excluding hydrogens is 302 g/mol. The van der Waals surface area contributed by atoms with Crippen LogP contribution in [0.2, 0.25) is 0 Å². The fourth-order valence-electron chi connectivity index (χ4n) is 2.29. The van der Waals surface area contributed by atoms with Crippen molar-refractivity contribution in [2.45, 2.75) is 26.3 Å². The van der Waals surface area contributed by atoms with Crippen LogP contribution in [0.25, 0.3) is 0 Å². The molecule has 1 aromatic carbocycles. The van der Waals surface area contributed by atoms with Crippen LogP contribution in [0, 0.1) is 6.92 Å². The van der Waals surface area contributed by atoms with E-state index in [-0.39, 0.29) is 12.1 Å². The number of amides is 2. The Morgan fingerprint density at radius 3 is 2.71 bits per heavy atom. The van der Waals surface area contributed by atoms with Gasteiger partial charge in [0.2, 0.25) is 0 Å². The highest BCUT2D eigenvalue weighted by Gasteiger charge is 2.17. The average Bonchev–Trinajstić information content (AvgIpc) is 2.62. The van der Waals surface area contributed by atoms with Gasteiger partial charge in [-0.1, -0.05) is 24.3 Å². The zero-order valence-electron chi connectivity index (χ0n) is 14.5. The zero-order valence-corrected chi connectivity index (χ0v) is 14.5. The van der Waals surface area contributed by atoms with E-state index in [0.717, 1.165) is 23.4 Å². The molecule has 0 saturated heterocycles. The van der Waals surface area contributed by atoms with E-state index in [1.165, 1.54) is 0 Å². The first kappa shape index (κ1) is 17.8. The number of pyridine rings is 1. The molecule has 0 saturated carbocycles. The Bertz CT molecular complexity index is 646. The highest BCUT2D eigenvalue weighted by atomic mass is 16.5. The van der Waals surface area contributed by atoms with E-state index < -0.39 is 0 Å². The monoisotopic (exact) mass is 327 g/mol. The number of benzene rings is 1. The van der Waals surface area contributed by atoms with Crippen molar-refractivity contribution in [3.63, 3.8) is 0 Å². The average molecular weight is 327 g/mol. The smallest absolute Gasteiger partial charge is 0.317 e. The zero-order chi connectivity index (χ0) is 17.4. The summed E-state index contributed by atoms with van der Waals surface area (Å²) in [6, 6.07) is 13.4.